The van der Waals surface area contributed by atoms with Gasteiger partial charge in [0, 0.05) is 18.3 Å². The summed E-state index contributed by atoms with van der Waals surface area (Å²) in [6.07, 6.45) is 2.97. The number of carbonyl (C=O) groups is 1. The molecule has 3 heterocycles. The lowest BCUT2D eigenvalue weighted by molar-refractivity contribution is -0.944. The minimum atomic E-state index is -0.231. The highest BCUT2D eigenvalue weighted by molar-refractivity contribution is 5.91. The second-order valence-electron chi connectivity index (χ2n) is 7.22. The number of rotatable bonds is 6. The average molecular weight is 382 g/mol. The number of hydrogen-bond donors (Lipinski definition) is 2. The molecule has 6 heteroatoms. The quantitative estimate of drug-likeness (QED) is 0.688. The fourth-order valence-corrected chi connectivity index (χ4v) is 3.91. The van der Waals surface area contributed by atoms with Crippen LogP contribution in [0.1, 0.15) is 47.0 Å². The molecule has 1 aliphatic heterocycles. The lowest BCUT2D eigenvalue weighted by Gasteiger charge is -2.33. The molecule has 0 aliphatic carbocycles. The van der Waals surface area contributed by atoms with E-state index in [1.54, 1.807) is 6.07 Å². The zero-order valence-electron chi connectivity index (χ0n) is 16.0. The molecule has 2 atom stereocenters. The number of furan rings is 1. The largest absolute Gasteiger partial charge is 0.450 e. The summed E-state index contributed by atoms with van der Waals surface area (Å²) in [6.45, 7) is 5.14. The molecule has 28 heavy (non-hydrogen) atoms. The standard InChI is InChI=1S/C22H24FN3O2/c1-2-11-24-22(27)20-10-9-18(28-20)15-26-14-13-25-12-3-4-19(25)21(26)16-5-7-17(23)8-6-16/h3-10,12,21H,2,11,13-15H2,1H3,(H,24,27)/p+1/t21-/m1/s1. The van der Waals surface area contributed by atoms with Crippen molar-refractivity contribution in [2.75, 3.05) is 13.1 Å². The van der Waals surface area contributed by atoms with E-state index >= 15 is 0 Å². The van der Waals surface area contributed by atoms with Gasteiger partial charge in [0.2, 0.25) is 0 Å². The third-order valence-electron chi connectivity index (χ3n) is 5.27. The van der Waals surface area contributed by atoms with E-state index in [2.05, 4.69) is 28.2 Å². The van der Waals surface area contributed by atoms with Crippen molar-refractivity contribution in [3.63, 3.8) is 0 Å². The lowest BCUT2D eigenvalue weighted by Crippen LogP contribution is -3.12. The number of nitrogens with zero attached hydrogens (tertiary/aromatic N) is 1. The van der Waals surface area contributed by atoms with Crippen LogP contribution < -0.4 is 10.2 Å². The molecule has 0 bridgehead atoms. The zero-order valence-corrected chi connectivity index (χ0v) is 16.0. The summed E-state index contributed by atoms with van der Waals surface area (Å²) in [5, 5.41) is 2.84. The van der Waals surface area contributed by atoms with E-state index in [-0.39, 0.29) is 17.8 Å². The smallest absolute Gasteiger partial charge is 0.286 e. The van der Waals surface area contributed by atoms with Gasteiger partial charge in [-0.05, 0) is 55.0 Å². The monoisotopic (exact) mass is 382 g/mol. The van der Waals surface area contributed by atoms with Crippen molar-refractivity contribution in [3.8, 4) is 0 Å². The Morgan fingerprint density at radius 1 is 1.25 bits per heavy atom. The Morgan fingerprint density at radius 3 is 2.86 bits per heavy atom. The SMILES string of the molecule is CCCNC(=O)c1ccc(C[NH+]2CCn3cccc3[C@H]2c2ccc(F)cc2)o1. The maximum absolute atomic E-state index is 13.4. The third-order valence-corrected chi connectivity index (χ3v) is 5.27. The van der Waals surface area contributed by atoms with Crippen molar-refractivity contribution in [1.29, 1.82) is 0 Å². The van der Waals surface area contributed by atoms with Crippen LogP contribution in [0.25, 0.3) is 0 Å². The first-order valence-corrected chi connectivity index (χ1v) is 9.77. The maximum atomic E-state index is 13.4. The van der Waals surface area contributed by atoms with Gasteiger partial charge in [-0.3, -0.25) is 4.79 Å². The van der Waals surface area contributed by atoms with Gasteiger partial charge < -0.3 is 19.2 Å². The molecule has 2 N–H and O–H groups in total. The molecule has 0 spiro atoms. The normalized spacial score (nSPS) is 18.6. The molecule has 0 saturated carbocycles. The number of hydrogen-bond acceptors (Lipinski definition) is 2. The van der Waals surface area contributed by atoms with E-state index < -0.39 is 0 Å². The first-order valence-electron chi connectivity index (χ1n) is 9.77. The van der Waals surface area contributed by atoms with Crippen LogP contribution in [0.3, 0.4) is 0 Å². The Hall–Kier alpha value is -2.86. The molecule has 1 aliphatic rings. The number of amides is 1. The number of carbonyl (C=O) groups excluding carboxylic acids is 1. The summed E-state index contributed by atoms with van der Waals surface area (Å²) in [7, 11) is 0. The first kappa shape index (κ1) is 18.5. The van der Waals surface area contributed by atoms with Crippen LogP contribution in [0.5, 0.6) is 0 Å². The Kier molecular flexibility index (Phi) is 5.30. The van der Waals surface area contributed by atoms with Crippen LogP contribution in [0.4, 0.5) is 4.39 Å². The van der Waals surface area contributed by atoms with Gasteiger partial charge in [-0.1, -0.05) is 6.92 Å². The predicted octanol–water partition coefficient (Wildman–Crippen LogP) is 2.55. The molecule has 0 saturated heterocycles. The minimum absolute atomic E-state index is 0.0896. The summed E-state index contributed by atoms with van der Waals surface area (Å²) < 4.78 is 21.5. The summed E-state index contributed by atoms with van der Waals surface area (Å²) in [6, 6.07) is 14.6. The predicted molar refractivity (Wildman–Crippen MR) is 104 cm³/mol. The second kappa shape index (κ2) is 8.02. The Labute approximate surface area is 163 Å². The van der Waals surface area contributed by atoms with Crippen LogP contribution in [0.2, 0.25) is 0 Å². The van der Waals surface area contributed by atoms with Crippen LogP contribution in [-0.4, -0.2) is 23.6 Å². The van der Waals surface area contributed by atoms with E-state index in [9.17, 15) is 9.18 Å². The summed E-state index contributed by atoms with van der Waals surface area (Å²) >= 11 is 0. The number of quaternary nitrogens is 1. The van der Waals surface area contributed by atoms with Crippen LogP contribution >= 0.6 is 0 Å². The molecular formula is C22H25FN3O2+. The average Bonchev–Trinajstić information content (AvgIpc) is 3.36. The molecule has 1 unspecified atom stereocenters. The van der Waals surface area contributed by atoms with E-state index in [1.807, 2.05) is 25.1 Å². The van der Waals surface area contributed by atoms with Crippen molar-refractivity contribution in [2.45, 2.75) is 32.5 Å². The van der Waals surface area contributed by atoms with E-state index in [0.29, 0.717) is 18.8 Å². The molecule has 146 valence electrons. The number of nitrogens with one attached hydrogen (secondary N) is 2. The van der Waals surface area contributed by atoms with Gasteiger partial charge in [0.25, 0.3) is 5.91 Å². The van der Waals surface area contributed by atoms with Gasteiger partial charge in [-0.15, -0.1) is 0 Å². The molecule has 2 aromatic heterocycles. The highest BCUT2D eigenvalue weighted by Gasteiger charge is 2.33. The summed E-state index contributed by atoms with van der Waals surface area (Å²) in [5.41, 5.74) is 2.28. The number of fused-ring (bicyclic) bond motifs is 1. The molecule has 3 aromatic rings. The van der Waals surface area contributed by atoms with Crippen LogP contribution in [0.15, 0.2) is 59.1 Å². The second-order valence-corrected chi connectivity index (χ2v) is 7.22. The first-order chi connectivity index (χ1) is 13.7. The molecule has 0 fully saturated rings. The topological polar surface area (TPSA) is 51.6 Å². The van der Waals surface area contributed by atoms with Crippen molar-refractivity contribution >= 4 is 5.91 Å². The van der Waals surface area contributed by atoms with Gasteiger partial charge in [-0.25, -0.2) is 4.39 Å². The lowest BCUT2D eigenvalue weighted by atomic mass is 9.99. The van der Waals surface area contributed by atoms with E-state index in [4.69, 9.17) is 4.42 Å². The van der Waals surface area contributed by atoms with Gasteiger partial charge in [0.15, 0.2) is 17.6 Å². The maximum Gasteiger partial charge on any atom is 0.286 e. The molecule has 0 radical (unpaired) electrons. The van der Waals surface area contributed by atoms with Crippen LogP contribution in [-0.2, 0) is 13.1 Å². The molecular weight excluding hydrogens is 357 g/mol. The number of aromatic nitrogens is 1. The minimum Gasteiger partial charge on any atom is -0.450 e. The molecule has 5 nitrogen and oxygen atoms in total. The summed E-state index contributed by atoms with van der Waals surface area (Å²) in [5.74, 6) is 0.723. The Morgan fingerprint density at radius 2 is 2.07 bits per heavy atom. The van der Waals surface area contributed by atoms with E-state index in [0.717, 1.165) is 30.8 Å². The van der Waals surface area contributed by atoms with Crippen molar-refractivity contribution < 1.29 is 18.5 Å². The van der Waals surface area contributed by atoms with Crippen molar-refractivity contribution in [1.82, 2.24) is 9.88 Å². The fraction of sp³-hybridized carbons (Fsp3) is 0.318. The number of halogens is 1. The van der Waals surface area contributed by atoms with Gasteiger partial charge in [0.1, 0.15) is 12.4 Å². The fourth-order valence-electron chi connectivity index (χ4n) is 3.91. The zero-order chi connectivity index (χ0) is 19.5. The molecule has 1 aromatic carbocycles. The van der Waals surface area contributed by atoms with Gasteiger partial charge in [-0.2, -0.15) is 0 Å². The van der Waals surface area contributed by atoms with Gasteiger partial charge >= 0.3 is 0 Å². The third kappa shape index (κ3) is 3.73. The van der Waals surface area contributed by atoms with Gasteiger partial charge in [0.05, 0.1) is 18.8 Å². The van der Waals surface area contributed by atoms with Crippen molar-refractivity contribution in [2.24, 2.45) is 0 Å². The highest BCUT2D eigenvalue weighted by Crippen LogP contribution is 2.23. The van der Waals surface area contributed by atoms with Crippen molar-refractivity contribution in [3.05, 3.63) is 83.3 Å². The summed E-state index contributed by atoms with van der Waals surface area (Å²) in [4.78, 5) is 13.4. The molecule has 4 rings (SSSR count). The Balaban J connectivity index is 1.57. The highest BCUT2D eigenvalue weighted by atomic mass is 19.1. The van der Waals surface area contributed by atoms with E-state index in [1.165, 1.54) is 22.7 Å². The number of benzene rings is 1. The Bertz CT molecular complexity index is 945. The van der Waals surface area contributed by atoms with Crippen LogP contribution in [0, 0.1) is 5.82 Å². The molecule has 1 amide bonds.